The van der Waals surface area contributed by atoms with Crippen LogP contribution in [-0.2, 0) is 0 Å². The summed E-state index contributed by atoms with van der Waals surface area (Å²) < 4.78 is 28.6. The zero-order chi connectivity index (χ0) is 14.8. The molecule has 0 aliphatic heterocycles. The molecule has 0 radical (unpaired) electrons. The van der Waals surface area contributed by atoms with Crippen LogP contribution in [0.5, 0.6) is 0 Å². The van der Waals surface area contributed by atoms with Crippen LogP contribution in [0.15, 0.2) is 36.7 Å². The van der Waals surface area contributed by atoms with Crippen LogP contribution in [0.2, 0.25) is 0 Å². The van der Waals surface area contributed by atoms with Crippen molar-refractivity contribution in [1.82, 2.24) is 24.7 Å². The molecule has 8 heteroatoms. The van der Waals surface area contributed by atoms with Gasteiger partial charge in [-0.05, 0) is 24.3 Å². The molecule has 1 aromatic carbocycles. The Hall–Kier alpha value is -2.90. The summed E-state index contributed by atoms with van der Waals surface area (Å²) in [6.45, 7) is 0. The minimum Gasteiger partial charge on any atom is -0.357 e. The average Bonchev–Trinajstić information content (AvgIpc) is 3.03. The first-order valence-corrected chi connectivity index (χ1v) is 6.06. The van der Waals surface area contributed by atoms with Gasteiger partial charge in [-0.15, -0.1) is 0 Å². The van der Waals surface area contributed by atoms with E-state index in [0.717, 1.165) is 18.2 Å². The lowest BCUT2D eigenvalue weighted by molar-refractivity contribution is 0.602. The third-order valence-corrected chi connectivity index (χ3v) is 2.73. The van der Waals surface area contributed by atoms with Crippen LogP contribution in [0.3, 0.4) is 0 Å². The van der Waals surface area contributed by atoms with Crippen molar-refractivity contribution >= 4 is 5.95 Å². The molecule has 0 saturated carbocycles. The average molecular weight is 288 g/mol. The predicted octanol–water partition coefficient (Wildman–Crippen LogP) is 2.04. The third-order valence-electron chi connectivity index (χ3n) is 2.73. The summed E-state index contributed by atoms with van der Waals surface area (Å²) in [4.78, 5) is 12.3. The maximum Gasteiger partial charge on any atom is 0.255 e. The van der Waals surface area contributed by atoms with E-state index >= 15 is 0 Å². The van der Waals surface area contributed by atoms with E-state index in [4.69, 9.17) is 0 Å². The van der Waals surface area contributed by atoms with Crippen LogP contribution in [-0.4, -0.2) is 31.8 Å². The Morgan fingerprint density at radius 1 is 1.14 bits per heavy atom. The van der Waals surface area contributed by atoms with Gasteiger partial charge in [0.05, 0.1) is 5.56 Å². The quantitative estimate of drug-likeness (QED) is 0.798. The van der Waals surface area contributed by atoms with Gasteiger partial charge in [0.25, 0.3) is 5.95 Å². The fourth-order valence-corrected chi connectivity index (χ4v) is 1.76. The maximum atomic E-state index is 13.9. The van der Waals surface area contributed by atoms with Crippen molar-refractivity contribution in [2.75, 3.05) is 12.4 Å². The molecule has 1 N–H and O–H groups in total. The van der Waals surface area contributed by atoms with Gasteiger partial charge in [-0.1, -0.05) is 0 Å². The van der Waals surface area contributed by atoms with Crippen LogP contribution in [0.1, 0.15) is 0 Å². The highest BCUT2D eigenvalue weighted by Crippen LogP contribution is 2.21. The van der Waals surface area contributed by atoms with Crippen LogP contribution in [0, 0.1) is 11.6 Å². The van der Waals surface area contributed by atoms with Crippen molar-refractivity contribution in [3.05, 3.63) is 48.3 Å². The Morgan fingerprint density at radius 2 is 2.00 bits per heavy atom. The highest BCUT2D eigenvalue weighted by Gasteiger charge is 2.14. The number of benzene rings is 1. The first-order valence-electron chi connectivity index (χ1n) is 6.06. The molecule has 2 aromatic heterocycles. The summed E-state index contributed by atoms with van der Waals surface area (Å²) in [6, 6.07) is 4.80. The molecule has 0 aliphatic carbocycles. The minimum atomic E-state index is -0.615. The second-order valence-corrected chi connectivity index (χ2v) is 4.11. The van der Waals surface area contributed by atoms with Crippen molar-refractivity contribution in [2.45, 2.75) is 0 Å². The molecule has 0 spiro atoms. The van der Waals surface area contributed by atoms with Crippen LogP contribution >= 0.6 is 0 Å². The van der Waals surface area contributed by atoms with E-state index < -0.39 is 11.6 Å². The van der Waals surface area contributed by atoms with E-state index in [9.17, 15) is 8.78 Å². The molecule has 0 amide bonds. The highest BCUT2D eigenvalue weighted by atomic mass is 19.1. The molecule has 21 heavy (non-hydrogen) atoms. The summed E-state index contributed by atoms with van der Waals surface area (Å²) >= 11 is 0. The van der Waals surface area contributed by atoms with E-state index in [1.54, 1.807) is 25.5 Å². The molecule has 0 unspecified atom stereocenters. The zero-order valence-electron chi connectivity index (χ0n) is 11.0. The van der Waals surface area contributed by atoms with Gasteiger partial charge in [0.15, 0.2) is 5.82 Å². The summed E-state index contributed by atoms with van der Waals surface area (Å²) in [7, 11) is 1.62. The Kier molecular flexibility index (Phi) is 3.27. The molecule has 0 atom stereocenters. The second-order valence-electron chi connectivity index (χ2n) is 4.11. The van der Waals surface area contributed by atoms with E-state index in [1.807, 2.05) is 0 Å². The van der Waals surface area contributed by atoms with E-state index in [1.165, 1.54) is 4.68 Å². The van der Waals surface area contributed by atoms with Crippen molar-refractivity contribution in [1.29, 1.82) is 0 Å². The molecule has 106 valence electrons. The van der Waals surface area contributed by atoms with Gasteiger partial charge in [-0.3, -0.25) is 0 Å². The number of hydrogen-bond acceptors (Lipinski definition) is 5. The van der Waals surface area contributed by atoms with Crippen molar-refractivity contribution in [3.8, 4) is 17.3 Å². The molecule has 0 saturated heterocycles. The van der Waals surface area contributed by atoms with Gasteiger partial charge in [-0.2, -0.15) is 20.1 Å². The Balaban J connectivity index is 2.18. The third kappa shape index (κ3) is 2.55. The molecule has 3 aromatic rings. The number of rotatable bonds is 3. The van der Waals surface area contributed by atoms with Gasteiger partial charge in [-0.25, -0.2) is 13.5 Å². The topological polar surface area (TPSA) is 68.5 Å². The molecular weight excluding hydrogens is 278 g/mol. The predicted molar refractivity (Wildman–Crippen MR) is 71.8 cm³/mol. The molecule has 2 heterocycles. The maximum absolute atomic E-state index is 13.9. The Labute approximate surface area is 118 Å². The lowest BCUT2D eigenvalue weighted by atomic mass is 10.2. The fraction of sp³-hybridized carbons (Fsp3) is 0.0769. The highest BCUT2D eigenvalue weighted by molar-refractivity contribution is 5.57. The largest absolute Gasteiger partial charge is 0.357 e. The zero-order valence-corrected chi connectivity index (χ0v) is 11.0. The Bertz CT molecular complexity index is 772. The Morgan fingerprint density at radius 3 is 2.71 bits per heavy atom. The fourth-order valence-electron chi connectivity index (χ4n) is 1.76. The molecular formula is C13H10F2N6. The summed E-state index contributed by atoms with van der Waals surface area (Å²) in [6.07, 6.45) is 3.20. The van der Waals surface area contributed by atoms with Crippen molar-refractivity contribution in [2.24, 2.45) is 0 Å². The molecule has 0 fully saturated rings. The smallest absolute Gasteiger partial charge is 0.255 e. The first kappa shape index (κ1) is 13.1. The van der Waals surface area contributed by atoms with Crippen LogP contribution in [0.25, 0.3) is 17.3 Å². The van der Waals surface area contributed by atoms with Gasteiger partial charge in [0, 0.05) is 19.4 Å². The summed E-state index contributed by atoms with van der Waals surface area (Å²) in [5.41, 5.74) is -0.0395. The van der Waals surface area contributed by atoms with E-state index in [-0.39, 0.29) is 23.3 Å². The number of aromatic nitrogens is 5. The number of nitrogens with zero attached hydrogens (tertiary/aromatic N) is 5. The number of anilines is 1. The monoisotopic (exact) mass is 288 g/mol. The van der Waals surface area contributed by atoms with Gasteiger partial charge in [0.2, 0.25) is 5.95 Å². The van der Waals surface area contributed by atoms with E-state index in [0.29, 0.717) is 0 Å². The molecule has 3 rings (SSSR count). The molecule has 6 nitrogen and oxygen atoms in total. The minimum absolute atomic E-state index is 0.0249. The number of halogens is 2. The number of hydrogen-bond donors (Lipinski definition) is 1. The first-order chi connectivity index (χ1) is 10.2. The normalized spacial score (nSPS) is 10.6. The number of nitrogens with one attached hydrogen (secondary N) is 1. The van der Waals surface area contributed by atoms with Gasteiger partial charge < -0.3 is 5.32 Å². The lowest BCUT2D eigenvalue weighted by Crippen LogP contribution is -2.08. The standard InChI is InChI=1S/C13H10F2N6/c1-16-12-18-11(9-7-8(14)3-4-10(9)15)19-13(20-12)21-6-2-5-17-21/h2-7H,1H3,(H,16,18,19,20). The van der Waals surface area contributed by atoms with Crippen molar-refractivity contribution < 1.29 is 8.78 Å². The summed E-state index contributed by atoms with van der Waals surface area (Å²) in [5, 5.41) is 6.76. The van der Waals surface area contributed by atoms with E-state index in [2.05, 4.69) is 25.4 Å². The SMILES string of the molecule is CNc1nc(-c2cc(F)ccc2F)nc(-n2cccn2)n1. The van der Waals surface area contributed by atoms with Crippen molar-refractivity contribution in [3.63, 3.8) is 0 Å². The second kappa shape index (κ2) is 5.23. The van der Waals surface area contributed by atoms with Gasteiger partial charge >= 0.3 is 0 Å². The molecule has 0 aliphatic rings. The van der Waals surface area contributed by atoms with Gasteiger partial charge in [0.1, 0.15) is 11.6 Å². The summed E-state index contributed by atoms with van der Waals surface area (Å²) in [5.74, 6) is -0.724. The lowest BCUT2D eigenvalue weighted by Gasteiger charge is -2.07. The van der Waals surface area contributed by atoms with Crippen LogP contribution < -0.4 is 5.32 Å². The molecule has 0 bridgehead atoms. The van der Waals surface area contributed by atoms with Crippen LogP contribution in [0.4, 0.5) is 14.7 Å².